The number of amides is 1. The van der Waals surface area contributed by atoms with Crippen LogP contribution < -0.4 is 0 Å². The molecular formula is C24H21FN4O2S. The minimum atomic E-state index is -0.713. The fourth-order valence-corrected chi connectivity index (χ4v) is 4.85. The molecule has 1 aliphatic heterocycles. The van der Waals surface area contributed by atoms with E-state index in [4.69, 9.17) is 0 Å². The number of aromatic nitrogens is 3. The van der Waals surface area contributed by atoms with Gasteiger partial charge in [0.2, 0.25) is 0 Å². The normalized spacial score (nSPS) is 20.9. The van der Waals surface area contributed by atoms with Crippen LogP contribution in [0.15, 0.2) is 78.3 Å². The second kappa shape index (κ2) is 8.64. The molecule has 1 fully saturated rings. The molecule has 0 saturated carbocycles. The zero-order valence-electron chi connectivity index (χ0n) is 17.1. The van der Waals surface area contributed by atoms with Crippen molar-refractivity contribution < 1.29 is 14.3 Å². The first-order chi connectivity index (χ1) is 15.6. The van der Waals surface area contributed by atoms with Crippen molar-refractivity contribution >= 4 is 17.2 Å². The van der Waals surface area contributed by atoms with Gasteiger partial charge in [-0.15, -0.1) is 16.4 Å². The molecule has 0 bridgehead atoms. The molecule has 162 valence electrons. The molecule has 32 heavy (non-hydrogen) atoms. The molecule has 1 amide bonds. The van der Waals surface area contributed by atoms with E-state index in [1.807, 2.05) is 52.7 Å². The largest absolute Gasteiger partial charge is 0.391 e. The van der Waals surface area contributed by atoms with E-state index in [1.54, 1.807) is 23.0 Å². The van der Waals surface area contributed by atoms with Crippen LogP contribution in [-0.2, 0) is 0 Å². The topological polar surface area (TPSA) is 71.2 Å². The summed E-state index contributed by atoms with van der Waals surface area (Å²) >= 11 is 1.40. The van der Waals surface area contributed by atoms with Crippen LogP contribution in [0.3, 0.4) is 0 Å². The van der Waals surface area contributed by atoms with Gasteiger partial charge in [0, 0.05) is 18.5 Å². The van der Waals surface area contributed by atoms with E-state index in [0.717, 1.165) is 11.1 Å². The Morgan fingerprint density at radius 2 is 1.84 bits per heavy atom. The number of piperidine rings is 1. The summed E-state index contributed by atoms with van der Waals surface area (Å²) in [6.07, 6.45) is 1.41. The second-order valence-electron chi connectivity index (χ2n) is 7.82. The Labute approximate surface area is 188 Å². The van der Waals surface area contributed by atoms with Crippen LogP contribution in [-0.4, -0.2) is 43.6 Å². The van der Waals surface area contributed by atoms with E-state index in [-0.39, 0.29) is 17.8 Å². The van der Waals surface area contributed by atoms with Crippen molar-refractivity contribution in [3.8, 4) is 11.3 Å². The minimum absolute atomic E-state index is 0.0652. The maximum absolute atomic E-state index is 13.4. The van der Waals surface area contributed by atoms with Gasteiger partial charge in [0.05, 0.1) is 29.3 Å². The van der Waals surface area contributed by atoms with Crippen molar-refractivity contribution in [1.82, 2.24) is 19.9 Å². The lowest BCUT2D eigenvalue weighted by Gasteiger charge is -2.42. The van der Waals surface area contributed by atoms with Crippen LogP contribution in [0.5, 0.6) is 0 Å². The van der Waals surface area contributed by atoms with Crippen LogP contribution >= 0.6 is 11.3 Å². The van der Waals surface area contributed by atoms with Crippen LogP contribution in [0.4, 0.5) is 4.39 Å². The van der Waals surface area contributed by atoms with E-state index in [2.05, 4.69) is 10.3 Å². The van der Waals surface area contributed by atoms with Gasteiger partial charge < -0.3 is 10.0 Å². The van der Waals surface area contributed by atoms with Gasteiger partial charge in [-0.3, -0.25) is 4.79 Å². The quantitative estimate of drug-likeness (QED) is 0.504. The molecule has 1 saturated heterocycles. The Morgan fingerprint density at radius 1 is 1.06 bits per heavy atom. The van der Waals surface area contributed by atoms with Gasteiger partial charge in [0.15, 0.2) is 0 Å². The predicted octanol–water partition coefficient (Wildman–Crippen LogP) is 4.34. The van der Waals surface area contributed by atoms with E-state index < -0.39 is 12.1 Å². The van der Waals surface area contributed by atoms with Crippen LogP contribution in [0.2, 0.25) is 0 Å². The number of hydrogen-bond donors (Lipinski definition) is 1. The maximum Gasteiger partial charge on any atom is 0.264 e. The molecule has 1 aliphatic rings. The zero-order valence-corrected chi connectivity index (χ0v) is 17.9. The summed E-state index contributed by atoms with van der Waals surface area (Å²) in [6.45, 7) is 0.295. The third-order valence-corrected chi connectivity index (χ3v) is 6.69. The molecule has 0 radical (unpaired) electrons. The summed E-state index contributed by atoms with van der Waals surface area (Å²) < 4.78 is 14.9. The van der Waals surface area contributed by atoms with Crippen molar-refractivity contribution in [2.24, 2.45) is 0 Å². The van der Waals surface area contributed by atoms with Crippen LogP contribution in [0.1, 0.15) is 33.7 Å². The number of carbonyl (C=O) groups excluding carboxylic acids is 1. The van der Waals surface area contributed by atoms with Gasteiger partial charge in [-0.25, -0.2) is 9.07 Å². The van der Waals surface area contributed by atoms with Gasteiger partial charge in [0.25, 0.3) is 5.91 Å². The number of aliphatic hydroxyl groups is 1. The van der Waals surface area contributed by atoms with Gasteiger partial charge in [-0.2, -0.15) is 0 Å². The number of aliphatic hydroxyl groups excluding tert-OH is 1. The Hall–Kier alpha value is -3.36. The summed E-state index contributed by atoms with van der Waals surface area (Å²) in [5, 5.41) is 21.3. The number of nitrogens with zero attached hydrogens (tertiary/aromatic N) is 4. The lowest BCUT2D eigenvalue weighted by Crippen LogP contribution is -2.48. The van der Waals surface area contributed by atoms with Crippen molar-refractivity contribution in [3.05, 3.63) is 94.6 Å². The van der Waals surface area contributed by atoms with Gasteiger partial charge in [0.1, 0.15) is 11.5 Å². The highest BCUT2D eigenvalue weighted by molar-refractivity contribution is 7.12. The van der Waals surface area contributed by atoms with Gasteiger partial charge >= 0.3 is 0 Å². The molecule has 2 aromatic heterocycles. The van der Waals surface area contributed by atoms with E-state index in [9.17, 15) is 14.3 Å². The average molecular weight is 449 g/mol. The van der Waals surface area contributed by atoms with Gasteiger partial charge in [-0.05, 0) is 41.3 Å². The number of carbonyl (C=O) groups is 1. The zero-order chi connectivity index (χ0) is 22.1. The lowest BCUT2D eigenvalue weighted by molar-refractivity contribution is -0.00164. The number of likely N-dealkylation sites (tertiary alicyclic amines) is 1. The fourth-order valence-electron chi connectivity index (χ4n) is 4.17. The molecule has 0 spiro atoms. The van der Waals surface area contributed by atoms with Crippen LogP contribution in [0.25, 0.3) is 11.3 Å². The summed E-state index contributed by atoms with van der Waals surface area (Å²) in [5.41, 5.74) is 2.30. The molecule has 3 heterocycles. The molecule has 1 N–H and O–H groups in total. The Bertz CT molecular complexity index is 1190. The summed E-state index contributed by atoms with van der Waals surface area (Å²) in [5.74, 6) is -0.386. The van der Waals surface area contributed by atoms with Crippen LogP contribution in [0, 0.1) is 5.82 Å². The number of halogens is 1. The first-order valence-corrected chi connectivity index (χ1v) is 11.2. The first kappa shape index (κ1) is 20.5. The lowest BCUT2D eigenvalue weighted by atomic mass is 9.90. The molecular weight excluding hydrogens is 427 g/mol. The standard InChI is InChI=1S/C24H21FN4O2S/c25-18-10-8-16(9-11-18)19-14-29(27-26-19)21-15-28(24(31)23-7-4-12-32-23)20(13-22(21)30)17-5-2-1-3-6-17/h1-12,14,20-22,30H,13,15H2/t20-,21-,22-/m1/s1. The molecule has 4 aromatic rings. The Balaban J connectivity index is 1.46. The smallest absolute Gasteiger partial charge is 0.264 e. The number of hydrogen-bond acceptors (Lipinski definition) is 5. The number of rotatable bonds is 4. The fraction of sp³-hybridized carbons (Fsp3) is 0.208. The summed E-state index contributed by atoms with van der Waals surface area (Å²) in [6, 6.07) is 18.8. The van der Waals surface area contributed by atoms with Crippen molar-refractivity contribution in [3.63, 3.8) is 0 Å². The Morgan fingerprint density at radius 3 is 2.56 bits per heavy atom. The van der Waals surface area contributed by atoms with E-state index in [0.29, 0.717) is 23.5 Å². The molecule has 0 unspecified atom stereocenters. The maximum atomic E-state index is 13.4. The highest BCUT2D eigenvalue weighted by atomic mass is 32.1. The summed E-state index contributed by atoms with van der Waals surface area (Å²) in [7, 11) is 0. The first-order valence-electron chi connectivity index (χ1n) is 10.4. The monoisotopic (exact) mass is 448 g/mol. The molecule has 3 atom stereocenters. The van der Waals surface area contributed by atoms with E-state index in [1.165, 1.54) is 23.5 Å². The van der Waals surface area contributed by atoms with Crippen molar-refractivity contribution in [2.45, 2.75) is 24.6 Å². The highest BCUT2D eigenvalue weighted by Crippen LogP contribution is 2.37. The summed E-state index contributed by atoms with van der Waals surface area (Å²) in [4.78, 5) is 15.8. The van der Waals surface area contributed by atoms with Crippen molar-refractivity contribution in [1.29, 1.82) is 0 Å². The predicted molar refractivity (Wildman–Crippen MR) is 120 cm³/mol. The average Bonchev–Trinajstić information content (AvgIpc) is 3.52. The van der Waals surface area contributed by atoms with Crippen molar-refractivity contribution in [2.75, 3.05) is 6.54 Å². The molecule has 8 heteroatoms. The molecule has 2 aromatic carbocycles. The molecule has 6 nitrogen and oxygen atoms in total. The number of benzene rings is 2. The minimum Gasteiger partial charge on any atom is -0.391 e. The Kier molecular flexibility index (Phi) is 5.55. The number of thiophene rings is 1. The third-order valence-electron chi connectivity index (χ3n) is 5.84. The molecule has 0 aliphatic carbocycles. The third kappa shape index (κ3) is 3.94. The van der Waals surface area contributed by atoms with E-state index >= 15 is 0 Å². The van der Waals surface area contributed by atoms with Gasteiger partial charge in [-0.1, -0.05) is 41.6 Å². The molecule has 5 rings (SSSR count). The second-order valence-corrected chi connectivity index (χ2v) is 8.77. The highest BCUT2D eigenvalue weighted by Gasteiger charge is 2.39. The SMILES string of the molecule is O=C(c1cccs1)N1C[C@@H](n2cc(-c3ccc(F)cc3)nn2)[C@H](O)C[C@@H]1c1ccccc1.